The number of hydrogen-bond acceptors (Lipinski definition) is 1. The van der Waals surface area contributed by atoms with E-state index in [0.29, 0.717) is 12.5 Å². The molecule has 110 valence electrons. The first-order chi connectivity index (χ1) is 9.32. The van der Waals surface area contributed by atoms with Crippen LogP contribution in [-0.2, 0) is 12.6 Å². The molecule has 1 atom stereocenters. The van der Waals surface area contributed by atoms with Crippen LogP contribution in [0.3, 0.4) is 0 Å². The van der Waals surface area contributed by atoms with Crippen molar-refractivity contribution < 1.29 is 13.2 Å². The molecule has 1 nitrogen and oxygen atoms in total. The second kappa shape index (κ2) is 5.60. The van der Waals surface area contributed by atoms with Gasteiger partial charge in [-0.05, 0) is 37.0 Å². The van der Waals surface area contributed by atoms with Crippen LogP contribution in [-0.4, -0.2) is 12.6 Å². The van der Waals surface area contributed by atoms with Gasteiger partial charge in [-0.1, -0.05) is 25.1 Å². The molecule has 0 aromatic heterocycles. The molecule has 20 heavy (non-hydrogen) atoms. The van der Waals surface area contributed by atoms with Crippen LogP contribution in [0.2, 0.25) is 0 Å². The van der Waals surface area contributed by atoms with Crippen molar-refractivity contribution >= 4 is 0 Å². The van der Waals surface area contributed by atoms with Crippen LogP contribution in [0.25, 0.3) is 0 Å². The van der Waals surface area contributed by atoms with Crippen LogP contribution in [0.5, 0.6) is 0 Å². The third kappa shape index (κ3) is 4.10. The minimum atomic E-state index is -4.27. The lowest BCUT2D eigenvalue weighted by molar-refractivity contribution is -0.137. The van der Waals surface area contributed by atoms with Gasteiger partial charge in [-0.2, -0.15) is 13.2 Å². The summed E-state index contributed by atoms with van der Waals surface area (Å²) in [6, 6.07) is 6.02. The molecular formula is C16H20F3N. The average Bonchev–Trinajstić information content (AvgIpc) is 3.20. The van der Waals surface area contributed by atoms with Crippen LogP contribution in [0.4, 0.5) is 13.2 Å². The van der Waals surface area contributed by atoms with Gasteiger partial charge in [0.2, 0.25) is 0 Å². The highest BCUT2D eigenvalue weighted by molar-refractivity contribution is 5.26. The SMILES string of the molecule is C=CC(C)(CNC1CC1)Cc1ccc(C(F)(F)F)cc1. The Labute approximate surface area is 117 Å². The smallest absolute Gasteiger partial charge is 0.313 e. The highest BCUT2D eigenvalue weighted by Gasteiger charge is 2.30. The molecular weight excluding hydrogens is 263 g/mol. The molecule has 1 saturated carbocycles. The zero-order chi connectivity index (χ0) is 14.8. The van der Waals surface area contributed by atoms with Crippen LogP contribution >= 0.6 is 0 Å². The van der Waals surface area contributed by atoms with E-state index in [-0.39, 0.29) is 5.41 Å². The molecule has 1 aliphatic rings. The molecule has 0 spiro atoms. The fraction of sp³-hybridized carbons (Fsp3) is 0.500. The standard InChI is InChI=1S/C16H20F3N/c1-3-15(2,11-20-14-8-9-14)10-12-4-6-13(7-5-12)16(17,18)19/h3-7,14,20H,1,8-11H2,2H3. The van der Waals surface area contributed by atoms with E-state index in [1.165, 1.54) is 12.8 Å². The summed E-state index contributed by atoms with van der Waals surface area (Å²) in [6.45, 7) is 6.75. The monoisotopic (exact) mass is 283 g/mol. The highest BCUT2D eigenvalue weighted by atomic mass is 19.4. The minimum Gasteiger partial charge on any atom is -0.313 e. The minimum absolute atomic E-state index is 0.137. The highest BCUT2D eigenvalue weighted by Crippen LogP contribution is 2.31. The molecule has 0 heterocycles. The van der Waals surface area contributed by atoms with Gasteiger partial charge in [0.05, 0.1) is 5.56 Å². The quantitative estimate of drug-likeness (QED) is 0.772. The van der Waals surface area contributed by atoms with Crippen molar-refractivity contribution in [1.82, 2.24) is 5.32 Å². The van der Waals surface area contributed by atoms with Crippen LogP contribution < -0.4 is 5.32 Å². The zero-order valence-electron chi connectivity index (χ0n) is 11.6. The third-order valence-corrected chi connectivity index (χ3v) is 3.75. The number of nitrogens with one attached hydrogen (secondary N) is 1. The van der Waals surface area contributed by atoms with Gasteiger partial charge in [-0.15, -0.1) is 6.58 Å². The second-order valence-corrected chi connectivity index (χ2v) is 5.88. The van der Waals surface area contributed by atoms with Gasteiger partial charge in [0.1, 0.15) is 0 Å². The summed E-state index contributed by atoms with van der Waals surface area (Å²) in [5.41, 5.74) is 0.165. The Kier molecular flexibility index (Phi) is 4.23. The molecule has 1 aromatic rings. The van der Waals surface area contributed by atoms with E-state index in [2.05, 4.69) is 18.8 Å². The maximum atomic E-state index is 12.5. The Hall–Kier alpha value is -1.29. The molecule has 0 radical (unpaired) electrons. The molecule has 0 saturated heterocycles. The molecule has 2 rings (SSSR count). The molecule has 4 heteroatoms. The largest absolute Gasteiger partial charge is 0.416 e. The first-order valence-electron chi connectivity index (χ1n) is 6.85. The Balaban J connectivity index is 2.00. The van der Waals surface area contributed by atoms with Crippen LogP contribution in [0.1, 0.15) is 30.9 Å². The molecule has 0 bridgehead atoms. The van der Waals surface area contributed by atoms with E-state index >= 15 is 0 Å². The van der Waals surface area contributed by atoms with Gasteiger partial charge in [0, 0.05) is 18.0 Å². The topological polar surface area (TPSA) is 12.0 Å². The zero-order valence-corrected chi connectivity index (χ0v) is 11.6. The van der Waals surface area contributed by atoms with E-state index in [1.54, 1.807) is 12.1 Å². The van der Waals surface area contributed by atoms with Crippen LogP contribution in [0, 0.1) is 5.41 Å². The Bertz CT molecular complexity index is 460. The lowest BCUT2D eigenvalue weighted by Crippen LogP contribution is -2.33. The fourth-order valence-electron chi connectivity index (χ4n) is 2.15. The first kappa shape index (κ1) is 15.1. The predicted octanol–water partition coefficient (Wildman–Crippen LogP) is 4.19. The fourth-order valence-corrected chi connectivity index (χ4v) is 2.15. The van der Waals surface area contributed by atoms with Gasteiger partial charge >= 0.3 is 6.18 Å². The van der Waals surface area contributed by atoms with Crippen molar-refractivity contribution in [2.24, 2.45) is 5.41 Å². The lowest BCUT2D eigenvalue weighted by Gasteiger charge is -2.26. The van der Waals surface area contributed by atoms with E-state index in [0.717, 1.165) is 24.2 Å². The summed E-state index contributed by atoms with van der Waals surface area (Å²) < 4.78 is 37.5. The molecule has 1 aromatic carbocycles. The van der Waals surface area contributed by atoms with Crippen molar-refractivity contribution in [3.05, 3.63) is 48.0 Å². The molecule has 1 aliphatic carbocycles. The predicted molar refractivity (Wildman–Crippen MR) is 74.5 cm³/mol. The summed E-state index contributed by atoms with van der Waals surface area (Å²) in [5.74, 6) is 0. The number of rotatable bonds is 6. The number of alkyl halides is 3. The number of benzene rings is 1. The van der Waals surface area contributed by atoms with Crippen molar-refractivity contribution in [2.75, 3.05) is 6.54 Å². The van der Waals surface area contributed by atoms with Crippen LogP contribution in [0.15, 0.2) is 36.9 Å². The third-order valence-electron chi connectivity index (χ3n) is 3.75. The molecule has 0 amide bonds. The number of halogens is 3. The van der Waals surface area contributed by atoms with Crippen molar-refractivity contribution in [3.63, 3.8) is 0 Å². The second-order valence-electron chi connectivity index (χ2n) is 5.88. The van der Waals surface area contributed by atoms with E-state index in [1.807, 2.05) is 6.08 Å². The maximum absolute atomic E-state index is 12.5. The van der Waals surface area contributed by atoms with E-state index in [4.69, 9.17) is 0 Å². The van der Waals surface area contributed by atoms with Gasteiger partial charge in [0.15, 0.2) is 0 Å². The summed E-state index contributed by atoms with van der Waals surface area (Å²) in [4.78, 5) is 0. The van der Waals surface area contributed by atoms with E-state index in [9.17, 15) is 13.2 Å². The van der Waals surface area contributed by atoms with Gasteiger partial charge in [0.25, 0.3) is 0 Å². The van der Waals surface area contributed by atoms with Crippen molar-refractivity contribution in [3.8, 4) is 0 Å². The maximum Gasteiger partial charge on any atom is 0.416 e. The summed E-state index contributed by atoms with van der Waals surface area (Å²) in [6.07, 6.45) is 0.739. The van der Waals surface area contributed by atoms with Crippen molar-refractivity contribution in [1.29, 1.82) is 0 Å². The lowest BCUT2D eigenvalue weighted by atomic mass is 9.83. The summed E-state index contributed by atoms with van der Waals surface area (Å²) in [5, 5.41) is 3.45. The first-order valence-corrected chi connectivity index (χ1v) is 6.85. The van der Waals surface area contributed by atoms with Gasteiger partial charge in [-0.3, -0.25) is 0 Å². The average molecular weight is 283 g/mol. The molecule has 1 N–H and O–H groups in total. The molecule has 1 unspecified atom stereocenters. The Morgan fingerprint density at radius 3 is 2.30 bits per heavy atom. The van der Waals surface area contributed by atoms with Gasteiger partial charge in [-0.25, -0.2) is 0 Å². The molecule has 0 aliphatic heterocycles. The summed E-state index contributed by atoms with van der Waals surface area (Å²) >= 11 is 0. The van der Waals surface area contributed by atoms with Gasteiger partial charge < -0.3 is 5.32 Å². The number of hydrogen-bond donors (Lipinski definition) is 1. The molecule has 1 fully saturated rings. The normalized spacial score (nSPS) is 18.6. The summed E-state index contributed by atoms with van der Waals surface area (Å²) in [7, 11) is 0. The Morgan fingerprint density at radius 2 is 1.85 bits per heavy atom. The van der Waals surface area contributed by atoms with Crippen molar-refractivity contribution in [2.45, 2.75) is 38.4 Å². The van der Waals surface area contributed by atoms with E-state index < -0.39 is 11.7 Å². The Morgan fingerprint density at radius 1 is 1.25 bits per heavy atom.